The average molecular weight is 421 g/mol. The Morgan fingerprint density at radius 2 is 1.87 bits per heavy atom. The van der Waals surface area contributed by atoms with Gasteiger partial charge in [-0.2, -0.15) is 0 Å². The molecule has 0 radical (unpaired) electrons. The number of ether oxygens (including phenoxy) is 2. The van der Waals surface area contributed by atoms with Crippen molar-refractivity contribution < 1.29 is 14.3 Å². The molecule has 1 amide bonds. The first-order valence-corrected chi connectivity index (χ1v) is 11.3. The van der Waals surface area contributed by atoms with Gasteiger partial charge in [0.2, 0.25) is 0 Å². The largest absolute Gasteiger partial charge is 0.490 e. The molecule has 0 unspecified atom stereocenters. The fourth-order valence-corrected chi connectivity index (χ4v) is 4.89. The third-order valence-electron chi connectivity index (χ3n) is 5.69. The molecule has 3 aromatic rings. The first kappa shape index (κ1) is 19.1. The number of likely N-dealkylation sites (tertiary alicyclic amines) is 1. The van der Waals surface area contributed by atoms with Crippen molar-refractivity contribution in [3.63, 3.8) is 0 Å². The van der Waals surface area contributed by atoms with E-state index in [1.54, 1.807) is 0 Å². The quantitative estimate of drug-likeness (QED) is 0.580. The van der Waals surface area contributed by atoms with Crippen LogP contribution in [0.15, 0.2) is 47.8 Å². The van der Waals surface area contributed by atoms with E-state index in [-0.39, 0.29) is 11.9 Å². The zero-order valence-corrected chi connectivity index (χ0v) is 17.8. The van der Waals surface area contributed by atoms with Crippen LogP contribution in [-0.4, -0.2) is 35.5 Å². The summed E-state index contributed by atoms with van der Waals surface area (Å²) in [7, 11) is 0. The Labute approximate surface area is 180 Å². The van der Waals surface area contributed by atoms with Gasteiger partial charge >= 0.3 is 0 Å². The third kappa shape index (κ3) is 3.67. The number of hydrogen-bond acceptors (Lipinski definition) is 5. The maximum atomic E-state index is 13.3. The van der Waals surface area contributed by atoms with Crippen molar-refractivity contribution in [1.29, 1.82) is 0 Å². The van der Waals surface area contributed by atoms with E-state index in [1.807, 2.05) is 22.4 Å². The predicted octanol–water partition coefficient (Wildman–Crippen LogP) is 5.26. The van der Waals surface area contributed by atoms with Crippen LogP contribution in [0.5, 0.6) is 11.5 Å². The van der Waals surface area contributed by atoms with Crippen LogP contribution in [0.1, 0.15) is 46.9 Å². The van der Waals surface area contributed by atoms with Crippen LogP contribution in [0.2, 0.25) is 0 Å². The summed E-state index contributed by atoms with van der Waals surface area (Å²) < 4.78 is 11.6. The zero-order chi connectivity index (χ0) is 20.5. The molecule has 154 valence electrons. The van der Waals surface area contributed by atoms with Crippen molar-refractivity contribution in [3.05, 3.63) is 64.7 Å². The smallest absolute Gasteiger partial charge is 0.273 e. The highest BCUT2D eigenvalue weighted by Gasteiger charge is 2.32. The van der Waals surface area contributed by atoms with Crippen LogP contribution >= 0.6 is 11.3 Å². The maximum absolute atomic E-state index is 13.3. The summed E-state index contributed by atoms with van der Waals surface area (Å²) in [5, 5.41) is 2.76. The van der Waals surface area contributed by atoms with Gasteiger partial charge in [0.05, 0.1) is 19.3 Å². The predicted molar refractivity (Wildman–Crippen MR) is 117 cm³/mol. The molecule has 1 aromatic heterocycles. The monoisotopic (exact) mass is 420 g/mol. The molecule has 0 spiro atoms. The summed E-state index contributed by atoms with van der Waals surface area (Å²) in [6.45, 7) is 4.14. The van der Waals surface area contributed by atoms with Gasteiger partial charge in [0, 0.05) is 23.9 Å². The van der Waals surface area contributed by atoms with E-state index in [2.05, 4.69) is 42.2 Å². The van der Waals surface area contributed by atoms with Crippen molar-refractivity contribution in [3.8, 4) is 22.1 Å². The molecule has 6 heteroatoms. The van der Waals surface area contributed by atoms with Crippen molar-refractivity contribution in [2.24, 2.45) is 0 Å². The van der Waals surface area contributed by atoms with Crippen molar-refractivity contribution >= 4 is 17.2 Å². The van der Waals surface area contributed by atoms with Crippen LogP contribution < -0.4 is 9.47 Å². The number of thiazole rings is 1. The van der Waals surface area contributed by atoms with E-state index in [1.165, 1.54) is 16.9 Å². The van der Waals surface area contributed by atoms with Gasteiger partial charge < -0.3 is 14.4 Å². The number of rotatable bonds is 3. The van der Waals surface area contributed by atoms with Crippen molar-refractivity contribution in [2.75, 3.05) is 19.8 Å². The molecule has 5 rings (SSSR count). The molecule has 5 nitrogen and oxygen atoms in total. The number of aryl methyl sites for hydroxylation is 1. The lowest BCUT2D eigenvalue weighted by atomic mass is 10.0. The molecule has 0 aliphatic carbocycles. The van der Waals surface area contributed by atoms with E-state index >= 15 is 0 Å². The number of carbonyl (C=O) groups excluding carboxylic acids is 1. The summed E-state index contributed by atoms with van der Waals surface area (Å²) >= 11 is 1.52. The van der Waals surface area contributed by atoms with E-state index in [9.17, 15) is 4.79 Å². The molecule has 1 saturated heterocycles. The standard InChI is InChI=1S/C24H24N2O3S/c1-16-5-7-17(8-6-16)23-25-19(15-30-23)24(27)26-11-2-4-20(26)18-9-10-21-22(14-18)29-13-3-12-28-21/h5-10,14-15,20H,2-4,11-13H2,1H3/t20-/m1/s1. The Kier molecular flexibility index (Phi) is 5.17. The number of benzene rings is 2. The van der Waals surface area contributed by atoms with Gasteiger partial charge in [0.1, 0.15) is 10.7 Å². The van der Waals surface area contributed by atoms with Crippen LogP contribution in [0, 0.1) is 6.92 Å². The Morgan fingerprint density at radius 1 is 1.07 bits per heavy atom. The van der Waals surface area contributed by atoms with Crippen LogP contribution in [0.25, 0.3) is 10.6 Å². The minimum Gasteiger partial charge on any atom is -0.490 e. The van der Waals surface area contributed by atoms with Gasteiger partial charge in [0.15, 0.2) is 11.5 Å². The average Bonchev–Trinajstić information content (AvgIpc) is 3.39. The van der Waals surface area contributed by atoms with E-state index in [0.717, 1.165) is 53.4 Å². The molecular weight excluding hydrogens is 396 g/mol. The van der Waals surface area contributed by atoms with Gasteiger partial charge in [-0.1, -0.05) is 35.9 Å². The molecular formula is C24H24N2O3S. The molecule has 30 heavy (non-hydrogen) atoms. The lowest BCUT2D eigenvalue weighted by molar-refractivity contribution is 0.0730. The summed E-state index contributed by atoms with van der Waals surface area (Å²) in [5.74, 6) is 1.56. The number of aromatic nitrogens is 1. The van der Waals surface area contributed by atoms with Crippen LogP contribution in [0.3, 0.4) is 0 Å². The van der Waals surface area contributed by atoms with E-state index in [4.69, 9.17) is 9.47 Å². The Morgan fingerprint density at radius 3 is 2.70 bits per heavy atom. The van der Waals surface area contributed by atoms with Gasteiger partial charge in [-0.3, -0.25) is 4.79 Å². The first-order chi connectivity index (χ1) is 14.7. The fraction of sp³-hybridized carbons (Fsp3) is 0.333. The number of nitrogens with zero attached hydrogens (tertiary/aromatic N) is 2. The highest BCUT2D eigenvalue weighted by Crippen LogP contribution is 2.38. The normalized spacial score (nSPS) is 18.3. The lowest BCUT2D eigenvalue weighted by Gasteiger charge is -2.25. The minimum absolute atomic E-state index is 0.000719. The molecule has 2 aliphatic rings. The minimum atomic E-state index is -0.000719. The Bertz CT molecular complexity index is 1060. The van der Waals surface area contributed by atoms with Crippen LogP contribution in [-0.2, 0) is 0 Å². The summed E-state index contributed by atoms with van der Waals surface area (Å²) in [6, 6.07) is 14.3. The van der Waals surface area contributed by atoms with Gasteiger partial charge in [-0.25, -0.2) is 4.98 Å². The Hall–Kier alpha value is -2.86. The number of hydrogen-bond donors (Lipinski definition) is 0. The van der Waals surface area contributed by atoms with Crippen molar-refractivity contribution in [1.82, 2.24) is 9.88 Å². The fourth-order valence-electron chi connectivity index (χ4n) is 4.09. The second-order valence-corrected chi connectivity index (χ2v) is 8.68. The second-order valence-electron chi connectivity index (χ2n) is 7.82. The van der Waals surface area contributed by atoms with Crippen LogP contribution in [0.4, 0.5) is 0 Å². The topological polar surface area (TPSA) is 51.7 Å². The molecule has 0 saturated carbocycles. The molecule has 3 heterocycles. The Balaban J connectivity index is 1.38. The summed E-state index contributed by atoms with van der Waals surface area (Å²) in [6.07, 6.45) is 2.81. The summed E-state index contributed by atoms with van der Waals surface area (Å²) in [5.41, 5.74) is 3.88. The van der Waals surface area contributed by atoms with Crippen molar-refractivity contribution in [2.45, 2.75) is 32.2 Å². The maximum Gasteiger partial charge on any atom is 0.273 e. The number of carbonyl (C=O) groups is 1. The highest BCUT2D eigenvalue weighted by molar-refractivity contribution is 7.13. The molecule has 1 atom stereocenters. The van der Waals surface area contributed by atoms with Gasteiger partial charge in [-0.05, 0) is 37.5 Å². The highest BCUT2D eigenvalue weighted by atomic mass is 32.1. The number of fused-ring (bicyclic) bond motifs is 1. The molecule has 2 aliphatic heterocycles. The molecule has 0 bridgehead atoms. The lowest BCUT2D eigenvalue weighted by Crippen LogP contribution is -2.30. The first-order valence-electron chi connectivity index (χ1n) is 10.4. The SMILES string of the molecule is Cc1ccc(-c2nc(C(=O)N3CCC[C@@H]3c3ccc4c(c3)OCCCO4)cs2)cc1. The molecule has 2 aromatic carbocycles. The van der Waals surface area contributed by atoms with E-state index < -0.39 is 0 Å². The van der Waals surface area contributed by atoms with Gasteiger partial charge in [0.25, 0.3) is 5.91 Å². The van der Waals surface area contributed by atoms with E-state index in [0.29, 0.717) is 18.9 Å². The second kappa shape index (κ2) is 8.11. The molecule has 1 fully saturated rings. The van der Waals surface area contributed by atoms with Gasteiger partial charge in [-0.15, -0.1) is 11.3 Å². The zero-order valence-electron chi connectivity index (χ0n) is 17.0. The third-order valence-corrected chi connectivity index (χ3v) is 6.58. The molecule has 0 N–H and O–H groups in total. The number of amides is 1. The summed E-state index contributed by atoms with van der Waals surface area (Å²) in [4.78, 5) is 19.9.